The van der Waals surface area contributed by atoms with Crippen molar-refractivity contribution in [1.29, 1.82) is 0 Å². The van der Waals surface area contributed by atoms with Crippen LogP contribution in [0.2, 0.25) is 5.02 Å². The number of esters is 1. The van der Waals surface area contributed by atoms with Crippen LogP contribution in [0.25, 0.3) is 0 Å². The molecule has 0 aromatic carbocycles. The zero-order valence-corrected chi connectivity index (χ0v) is 14.7. The number of halogens is 1. The zero-order valence-electron chi connectivity index (χ0n) is 14.0. The third-order valence-electron chi connectivity index (χ3n) is 2.68. The standard InChI is InChI=1S/C15H19ClN4O5/c1-8(2)19-15(24)20-13(22)9(3)25-12(21)7-18-14(23)11-6-10(16)4-5-17-11/h4-6,8-9H,7H2,1-3H3,(H,18,23)(H2,19,20,22,24)/t9-/m1/s1. The summed E-state index contributed by atoms with van der Waals surface area (Å²) in [4.78, 5) is 50.4. The number of nitrogens with one attached hydrogen (secondary N) is 3. The first-order valence-electron chi connectivity index (χ1n) is 7.39. The van der Waals surface area contributed by atoms with Gasteiger partial charge >= 0.3 is 12.0 Å². The summed E-state index contributed by atoms with van der Waals surface area (Å²) >= 11 is 5.74. The number of rotatable bonds is 6. The third kappa shape index (κ3) is 7.62. The highest BCUT2D eigenvalue weighted by Gasteiger charge is 2.20. The molecular formula is C15H19ClN4O5. The van der Waals surface area contributed by atoms with E-state index >= 15 is 0 Å². The lowest BCUT2D eigenvalue weighted by Crippen LogP contribution is -2.47. The summed E-state index contributed by atoms with van der Waals surface area (Å²) in [6.45, 7) is 4.29. The summed E-state index contributed by atoms with van der Waals surface area (Å²) in [5, 5.41) is 7.11. The van der Waals surface area contributed by atoms with Crippen molar-refractivity contribution in [3.8, 4) is 0 Å². The fourth-order valence-corrected chi connectivity index (χ4v) is 1.74. The minimum atomic E-state index is -1.20. The van der Waals surface area contributed by atoms with Gasteiger partial charge in [-0.1, -0.05) is 11.6 Å². The van der Waals surface area contributed by atoms with E-state index in [1.165, 1.54) is 25.3 Å². The van der Waals surface area contributed by atoms with Gasteiger partial charge in [-0.05, 0) is 32.9 Å². The van der Waals surface area contributed by atoms with E-state index in [1.807, 2.05) is 5.32 Å². The Balaban J connectivity index is 2.41. The molecule has 1 rings (SSSR count). The molecule has 0 saturated carbocycles. The van der Waals surface area contributed by atoms with Crippen LogP contribution in [0.3, 0.4) is 0 Å². The van der Waals surface area contributed by atoms with E-state index in [1.54, 1.807) is 13.8 Å². The Morgan fingerprint density at radius 2 is 1.92 bits per heavy atom. The fourth-order valence-electron chi connectivity index (χ4n) is 1.58. The summed E-state index contributed by atoms with van der Waals surface area (Å²) in [5.74, 6) is -2.25. The molecule has 25 heavy (non-hydrogen) atoms. The van der Waals surface area contributed by atoms with Crippen molar-refractivity contribution in [2.24, 2.45) is 0 Å². The van der Waals surface area contributed by atoms with Gasteiger partial charge in [0.2, 0.25) is 0 Å². The third-order valence-corrected chi connectivity index (χ3v) is 2.92. The molecule has 0 bridgehead atoms. The first-order chi connectivity index (χ1) is 11.7. The number of amides is 4. The average molecular weight is 371 g/mol. The van der Waals surface area contributed by atoms with Gasteiger partial charge in [-0.2, -0.15) is 0 Å². The van der Waals surface area contributed by atoms with E-state index in [2.05, 4.69) is 15.6 Å². The van der Waals surface area contributed by atoms with Gasteiger partial charge in [-0.15, -0.1) is 0 Å². The molecule has 0 fully saturated rings. The molecule has 0 unspecified atom stereocenters. The van der Waals surface area contributed by atoms with Gasteiger partial charge in [0.05, 0.1) is 0 Å². The van der Waals surface area contributed by atoms with Crippen LogP contribution in [0.4, 0.5) is 4.79 Å². The number of aromatic nitrogens is 1. The molecule has 0 aliphatic heterocycles. The van der Waals surface area contributed by atoms with Crippen LogP contribution in [-0.4, -0.2) is 47.5 Å². The molecule has 0 spiro atoms. The summed E-state index contributed by atoms with van der Waals surface area (Å²) in [5.41, 5.74) is 0.0384. The lowest BCUT2D eigenvalue weighted by Gasteiger charge is -2.14. The van der Waals surface area contributed by atoms with Crippen LogP contribution < -0.4 is 16.0 Å². The van der Waals surface area contributed by atoms with Crippen molar-refractivity contribution in [3.63, 3.8) is 0 Å². The zero-order chi connectivity index (χ0) is 19.0. The second kappa shape index (κ2) is 9.58. The van der Waals surface area contributed by atoms with Crippen LogP contribution in [0.15, 0.2) is 18.3 Å². The van der Waals surface area contributed by atoms with Gasteiger partial charge in [0.15, 0.2) is 6.10 Å². The maximum absolute atomic E-state index is 11.8. The van der Waals surface area contributed by atoms with Gasteiger partial charge in [-0.3, -0.25) is 24.7 Å². The van der Waals surface area contributed by atoms with Crippen molar-refractivity contribution in [2.45, 2.75) is 32.9 Å². The molecule has 136 valence electrons. The molecule has 1 aromatic rings. The minimum absolute atomic E-state index is 0.0384. The summed E-state index contributed by atoms with van der Waals surface area (Å²) < 4.78 is 4.84. The molecular weight excluding hydrogens is 352 g/mol. The molecule has 0 radical (unpaired) electrons. The number of pyridine rings is 1. The Labute approximate surface area is 149 Å². The monoisotopic (exact) mass is 370 g/mol. The minimum Gasteiger partial charge on any atom is -0.451 e. The van der Waals surface area contributed by atoms with Gasteiger partial charge in [0.25, 0.3) is 11.8 Å². The van der Waals surface area contributed by atoms with Crippen molar-refractivity contribution in [2.75, 3.05) is 6.54 Å². The smallest absolute Gasteiger partial charge is 0.326 e. The van der Waals surface area contributed by atoms with E-state index < -0.39 is 36.5 Å². The predicted octanol–water partition coefficient (Wildman–Crippen LogP) is 0.631. The second-order valence-corrected chi connectivity index (χ2v) is 5.73. The normalized spacial score (nSPS) is 11.4. The maximum atomic E-state index is 11.8. The van der Waals surface area contributed by atoms with E-state index in [0.717, 1.165) is 0 Å². The average Bonchev–Trinajstić information content (AvgIpc) is 2.51. The second-order valence-electron chi connectivity index (χ2n) is 5.29. The number of carbonyl (C=O) groups is 4. The van der Waals surface area contributed by atoms with Gasteiger partial charge in [0, 0.05) is 17.3 Å². The molecule has 0 aliphatic carbocycles. The van der Waals surface area contributed by atoms with Crippen LogP contribution in [-0.2, 0) is 14.3 Å². The Bertz CT molecular complexity index is 665. The van der Waals surface area contributed by atoms with Crippen LogP contribution in [0.1, 0.15) is 31.3 Å². The fraction of sp³-hybridized carbons (Fsp3) is 0.400. The van der Waals surface area contributed by atoms with Crippen LogP contribution in [0.5, 0.6) is 0 Å². The lowest BCUT2D eigenvalue weighted by atomic mass is 10.3. The highest BCUT2D eigenvalue weighted by Crippen LogP contribution is 2.07. The molecule has 1 aromatic heterocycles. The number of nitrogens with zero attached hydrogens (tertiary/aromatic N) is 1. The quantitative estimate of drug-likeness (QED) is 0.630. The van der Waals surface area contributed by atoms with E-state index in [-0.39, 0.29) is 11.7 Å². The molecule has 3 N–H and O–H groups in total. The number of hydrogen-bond donors (Lipinski definition) is 3. The predicted molar refractivity (Wildman–Crippen MR) is 88.9 cm³/mol. The SMILES string of the molecule is CC(C)NC(=O)NC(=O)[C@@H](C)OC(=O)CNC(=O)c1cc(Cl)ccn1. The van der Waals surface area contributed by atoms with E-state index in [0.29, 0.717) is 5.02 Å². The molecule has 9 nitrogen and oxygen atoms in total. The van der Waals surface area contributed by atoms with Gasteiger partial charge < -0.3 is 15.4 Å². The van der Waals surface area contributed by atoms with Crippen molar-refractivity contribution >= 4 is 35.4 Å². The van der Waals surface area contributed by atoms with Crippen LogP contribution in [0, 0.1) is 0 Å². The van der Waals surface area contributed by atoms with E-state index in [9.17, 15) is 19.2 Å². The highest BCUT2D eigenvalue weighted by molar-refractivity contribution is 6.30. The molecule has 10 heteroatoms. The molecule has 0 saturated heterocycles. The first-order valence-corrected chi connectivity index (χ1v) is 7.77. The summed E-state index contributed by atoms with van der Waals surface area (Å²) in [6.07, 6.45) is 0.149. The number of hydrogen-bond acceptors (Lipinski definition) is 6. The Morgan fingerprint density at radius 1 is 1.24 bits per heavy atom. The number of imide groups is 1. The van der Waals surface area contributed by atoms with Gasteiger partial charge in [0.1, 0.15) is 12.2 Å². The van der Waals surface area contributed by atoms with Crippen molar-refractivity contribution < 1.29 is 23.9 Å². The summed E-state index contributed by atoms with van der Waals surface area (Å²) in [7, 11) is 0. The van der Waals surface area contributed by atoms with Crippen molar-refractivity contribution in [1.82, 2.24) is 20.9 Å². The molecule has 1 atom stereocenters. The lowest BCUT2D eigenvalue weighted by molar-refractivity contribution is -0.153. The van der Waals surface area contributed by atoms with Gasteiger partial charge in [-0.25, -0.2) is 4.79 Å². The Morgan fingerprint density at radius 3 is 2.52 bits per heavy atom. The molecule has 0 aliphatic rings. The van der Waals surface area contributed by atoms with Crippen molar-refractivity contribution in [3.05, 3.63) is 29.0 Å². The molecule has 1 heterocycles. The van der Waals surface area contributed by atoms with Crippen LogP contribution >= 0.6 is 11.6 Å². The largest absolute Gasteiger partial charge is 0.451 e. The number of ether oxygens (including phenoxy) is 1. The number of urea groups is 1. The highest BCUT2D eigenvalue weighted by atomic mass is 35.5. The Hall–Kier alpha value is -2.68. The maximum Gasteiger partial charge on any atom is 0.326 e. The summed E-state index contributed by atoms with van der Waals surface area (Å²) in [6, 6.07) is 2.00. The molecule has 4 amide bonds. The number of carbonyl (C=O) groups excluding carboxylic acids is 4. The first kappa shape index (κ1) is 20.4. The topological polar surface area (TPSA) is 126 Å². The Kier molecular flexibility index (Phi) is 7.80. The van der Waals surface area contributed by atoms with E-state index in [4.69, 9.17) is 16.3 Å².